The third kappa shape index (κ3) is 8.54. The van der Waals surface area contributed by atoms with Gasteiger partial charge < -0.3 is 18.3 Å². The number of hydrogen-bond donors (Lipinski definition) is 0. The summed E-state index contributed by atoms with van der Waals surface area (Å²) in [6, 6.07) is 87.6. The first kappa shape index (κ1) is 55.0. The van der Waals surface area contributed by atoms with E-state index in [4.69, 9.17) is 9.97 Å². The molecule has 0 N–H and O–H groups in total. The number of fused-ring (bicyclic) bond motifs is 12. The smallest absolute Gasteiger partial charge is 0.0975 e. The largest absolute Gasteiger partial charge is 0.306 e. The fraction of sp³-hybridized carbons (Fsp3) is 0.116. The van der Waals surface area contributed by atoms with Crippen molar-refractivity contribution in [3.63, 3.8) is 0 Å². The van der Waals surface area contributed by atoms with Gasteiger partial charge in [0.15, 0.2) is 0 Å². The fourth-order valence-corrected chi connectivity index (χ4v) is 15.3. The van der Waals surface area contributed by atoms with Crippen molar-refractivity contribution >= 4 is 87.2 Å². The Morgan fingerprint density at radius 3 is 0.685 bits per heavy atom. The van der Waals surface area contributed by atoms with Crippen LogP contribution in [-0.4, -0.2) is 28.2 Å². The zero-order valence-electron chi connectivity index (χ0n) is 53.6. The number of nitrogens with zero attached hydrogens (tertiary/aromatic N) is 6. The summed E-state index contributed by atoms with van der Waals surface area (Å²) in [6.07, 6.45) is 0. The summed E-state index contributed by atoms with van der Waals surface area (Å²) in [5.41, 5.74) is 32.5. The lowest BCUT2D eigenvalue weighted by Crippen LogP contribution is -2.16. The first-order valence-electron chi connectivity index (χ1n) is 32.1. The Morgan fingerprint density at radius 1 is 0.207 bits per heavy atom. The van der Waals surface area contributed by atoms with Gasteiger partial charge in [0, 0.05) is 76.7 Å². The zero-order valence-corrected chi connectivity index (χ0v) is 53.6. The SMILES string of the molecule is Cc1ccc2c(c1)c1cc(C)ccc1n2-c1c(-c2cc(C)nc(C)c2)c(-c2cc(-c3ccccc3)nc(-c3ccccc3)c2)c(-n2c3ccc(C)cc3c3cc(C)ccc32)c(-n2c3ccc(C)cc3c3cc(C)ccc32)c1-n1c2ccc(C)cc2c2cc(C)ccc21. The molecule has 442 valence electrons. The molecular weight excluding hydrogens is 1120 g/mol. The lowest BCUT2D eigenvalue weighted by atomic mass is 9.87. The highest BCUT2D eigenvalue weighted by molar-refractivity contribution is 6.19. The molecule has 0 saturated carbocycles. The minimum atomic E-state index is 0.875. The monoisotopic (exact) mass is 1180 g/mol. The highest BCUT2D eigenvalue weighted by atomic mass is 15.1. The van der Waals surface area contributed by atoms with Crippen LogP contribution in [0.5, 0.6) is 0 Å². The molecule has 17 aromatic rings. The van der Waals surface area contributed by atoms with E-state index in [0.29, 0.717) is 0 Å². The van der Waals surface area contributed by atoms with Gasteiger partial charge in [-0.05, 0) is 202 Å². The fourth-order valence-electron chi connectivity index (χ4n) is 15.3. The van der Waals surface area contributed by atoms with Crippen molar-refractivity contribution in [3.05, 3.63) is 286 Å². The third-order valence-corrected chi connectivity index (χ3v) is 19.2. The second-order valence-electron chi connectivity index (χ2n) is 26.1. The topological polar surface area (TPSA) is 45.5 Å². The average molecular weight is 1190 g/mol. The Labute approximate surface area is 535 Å². The van der Waals surface area contributed by atoms with Crippen molar-refractivity contribution in [1.29, 1.82) is 0 Å². The van der Waals surface area contributed by atoms with E-state index in [1.54, 1.807) is 0 Å². The molecule has 0 bridgehead atoms. The van der Waals surface area contributed by atoms with E-state index in [1.165, 1.54) is 87.6 Å². The highest BCUT2D eigenvalue weighted by Gasteiger charge is 2.36. The zero-order chi connectivity index (χ0) is 62.5. The summed E-state index contributed by atoms with van der Waals surface area (Å²) >= 11 is 0. The van der Waals surface area contributed by atoms with Gasteiger partial charge in [0.05, 0.1) is 78.3 Å². The van der Waals surface area contributed by atoms with Crippen LogP contribution in [0.3, 0.4) is 0 Å². The van der Waals surface area contributed by atoms with Crippen LogP contribution in [-0.2, 0) is 0 Å². The first-order valence-corrected chi connectivity index (χ1v) is 32.1. The van der Waals surface area contributed by atoms with Crippen LogP contribution in [0.25, 0.3) is 155 Å². The Bertz CT molecular complexity index is 5670. The van der Waals surface area contributed by atoms with Crippen LogP contribution in [0.15, 0.2) is 231 Å². The van der Waals surface area contributed by atoms with Gasteiger partial charge in [-0.3, -0.25) is 4.98 Å². The molecule has 0 radical (unpaired) electrons. The first-order chi connectivity index (χ1) is 44.7. The normalized spacial score (nSPS) is 12.0. The lowest BCUT2D eigenvalue weighted by Gasteiger charge is -2.32. The van der Waals surface area contributed by atoms with Crippen molar-refractivity contribution in [2.75, 3.05) is 0 Å². The molecule has 0 aliphatic rings. The number of benzene rings is 11. The molecule has 0 atom stereocenters. The minimum Gasteiger partial charge on any atom is -0.306 e. The molecule has 92 heavy (non-hydrogen) atoms. The molecule has 0 aliphatic carbocycles. The number of rotatable bonds is 8. The predicted molar refractivity (Wildman–Crippen MR) is 389 cm³/mol. The van der Waals surface area contributed by atoms with E-state index in [2.05, 4.69) is 318 Å². The van der Waals surface area contributed by atoms with Gasteiger partial charge in [-0.1, -0.05) is 154 Å². The maximum Gasteiger partial charge on any atom is 0.0975 e. The summed E-state index contributed by atoms with van der Waals surface area (Å²) < 4.78 is 10.6. The van der Waals surface area contributed by atoms with Crippen LogP contribution < -0.4 is 0 Å². The van der Waals surface area contributed by atoms with Gasteiger partial charge in [-0.2, -0.15) is 0 Å². The second kappa shape index (κ2) is 20.7. The van der Waals surface area contributed by atoms with Gasteiger partial charge in [0.25, 0.3) is 0 Å². The van der Waals surface area contributed by atoms with Crippen LogP contribution >= 0.6 is 0 Å². The summed E-state index contributed by atoms with van der Waals surface area (Å²) in [7, 11) is 0. The minimum absolute atomic E-state index is 0.875. The summed E-state index contributed by atoms with van der Waals surface area (Å²) in [5, 5.41) is 9.56. The molecule has 0 unspecified atom stereocenters. The van der Waals surface area contributed by atoms with Crippen molar-refractivity contribution in [3.8, 4) is 67.5 Å². The number of aromatic nitrogens is 6. The summed E-state index contributed by atoms with van der Waals surface area (Å²) in [6.45, 7) is 22.1. The Balaban J connectivity index is 1.28. The summed E-state index contributed by atoms with van der Waals surface area (Å²) in [4.78, 5) is 10.9. The van der Waals surface area contributed by atoms with Gasteiger partial charge in [-0.25, -0.2) is 4.98 Å². The summed E-state index contributed by atoms with van der Waals surface area (Å²) in [5.74, 6) is 0. The van der Waals surface area contributed by atoms with E-state index in [0.717, 1.165) is 123 Å². The van der Waals surface area contributed by atoms with Crippen LogP contribution in [0.1, 0.15) is 55.9 Å². The third-order valence-electron chi connectivity index (χ3n) is 19.2. The van der Waals surface area contributed by atoms with E-state index < -0.39 is 0 Å². The number of pyridine rings is 2. The molecule has 0 amide bonds. The average Bonchev–Trinajstić information content (AvgIpc) is 1.41. The molecular formula is C86H68N6. The standard InChI is InChI=1S/C86H68N6/c1-49-21-29-73-63(37-49)64-38-50(2)22-30-74(64)89(73)83-81(61-45-57(9)87-58(10)46-61)82(62-47-71(59-17-13-11-14-18-59)88-72(48-62)60-19-15-12-16-20-60)84(90-75-31-23-51(3)39-65(75)66-40-52(4)24-32-76(66)90)86(92-79-35-27-55(7)43-69(79)70-44-56(8)28-36-80(70)92)85(83)91-77-33-25-53(5)41-67(77)68-42-54(6)26-34-78(68)91/h11-48H,1-10H3. The molecule has 11 aromatic carbocycles. The van der Waals surface area contributed by atoms with Crippen LogP contribution in [0.2, 0.25) is 0 Å². The van der Waals surface area contributed by atoms with Gasteiger partial charge in [0.2, 0.25) is 0 Å². The number of hydrogen-bond acceptors (Lipinski definition) is 2. The number of aryl methyl sites for hydroxylation is 10. The Kier molecular flexibility index (Phi) is 12.4. The molecule has 6 heteroatoms. The van der Waals surface area contributed by atoms with Gasteiger partial charge in [-0.15, -0.1) is 0 Å². The molecule has 0 spiro atoms. The Morgan fingerprint density at radius 2 is 0.435 bits per heavy atom. The quantitative estimate of drug-likeness (QED) is 0.152. The predicted octanol–water partition coefficient (Wildman–Crippen LogP) is 22.6. The van der Waals surface area contributed by atoms with Crippen molar-refractivity contribution in [2.45, 2.75) is 69.2 Å². The maximum atomic E-state index is 5.69. The van der Waals surface area contributed by atoms with E-state index >= 15 is 0 Å². The van der Waals surface area contributed by atoms with Crippen molar-refractivity contribution < 1.29 is 0 Å². The molecule has 0 saturated heterocycles. The molecule has 17 rings (SSSR count). The molecule has 6 nitrogen and oxygen atoms in total. The lowest BCUT2D eigenvalue weighted by molar-refractivity contribution is 1.02. The van der Waals surface area contributed by atoms with E-state index in [1.807, 2.05) is 0 Å². The van der Waals surface area contributed by atoms with E-state index in [9.17, 15) is 0 Å². The molecule has 0 fully saturated rings. The van der Waals surface area contributed by atoms with Crippen LogP contribution in [0.4, 0.5) is 0 Å². The highest BCUT2D eigenvalue weighted by Crippen LogP contribution is 2.56. The van der Waals surface area contributed by atoms with Gasteiger partial charge in [0.1, 0.15) is 0 Å². The molecule has 0 aliphatic heterocycles. The molecule has 6 heterocycles. The van der Waals surface area contributed by atoms with Crippen LogP contribution in [0, 0.1) is 69.2 Å². The maximum absolute atomic E-state index is 5.69. The van der Waals surface area contributed by atoms with Crippen molar-refractivity contribution in [2.24, 2.45) is 0 Å². The van der Waals surface area contributed by atoms with Gasteiger partial charge >= 0.3 is 0 Å². The Hall–Kier alpha value is -11.1. The van der Waals surface area contributed by atoms with E-state index in [-0.39, 0.29) is 0 Å². The second-order valence-corrected chi connectivity index (χ2v) is 26.1. The van der Waals surface area contributed by atoms with Crippen molar-refractivity contribution in [1.82, 2.24) is 28.2 Å². The molecule has 6 aromatic heterocycles.